The van der Waals surface area contributed by atoms with E-state index in [9.17, 15) is 9.90 Å². The molecule has 2 aromatic carbocycles. The lowest BCUT2D eigenvalue weighted by Gasteiger charge is -2.29. The molecule has 9 nitrogen and oxygen atoms in total. The maximum absolute atomic E-state index is 13.4. The Kier molecular flexibility index (Phi) is 5.18. The molecular weight excluding hydrogens is 486 g/mol. The molecule has 6 rings (SSSR count). The van der Waals surface area contributed by atoms with Gasteiger partial charge in [-0.3, -0.25) is 9.89 Å². The molecule has 1 aliphatic rings. The number of nitrogens with one attached hydrogen (secondary N) is 3. The van der Waals surface area contributed by atoms with Gasteiger partial charge in [-0.15, -0.1) is 17.0 Å². The highest BCUT2D eigenvalue weighted by Gasteiger charge is 2.20. The number of nitrogens with zero attached hydrogens (tertiary/aromatic N) is 3. The van der Waals surface area contributed by atoms with Crippen molar-refractivity contribution in [2.24, 2.45) is 0 Å². The van der Waals surface area contributed by atoms with Gasteiger partial charge in [0.25, 0.3) is 5.56 Å². The number of aromatic nitrogens is 4. The Morgan fingerprint density at radius 1 is 1.00 bits per heavy atom. The number of pyridine rings is 2. The molecule has 0 radical (unpaired) electrons. The highest BCUT2D eigenvalue weighted by Crippen LogP contribution is 2.37. The number of halogens is 1. The van der Waals surface area contributed by atoms with E-state index in [1.54, 1.807) is 24.3 Å². The number of rotatable bonds is 2. The summed E-state index contributed by atoms with van der Waals surface area (Å²) in [5.74, 6) is 0.510. The Balaban J connectivity index is 0.00000228. The second kappa shape index (κ2) is 8.05. The van der Waals surface area contributed by atoms with Crippen LogP contribution in [0.15, 0.2) is 47.3 Å². The molecule has 6 N–H and O–H groups in total. The largest absolute Gasteiger partial charge is 0.508 e. The number of anilines is 2. The number of nitrogen functional groups attached to an aromatic ring is 1. The van der Waals surface area contributed by atoms with Gasteiger partial charge < -0.3 is 26.0 Å². The van der Waals surface area contributed by atoms with Crippen molar-refractivity contribution < 1.29 is 5.11 Å². The van der Waals surface area contributed by atoms with Crippen LogP contribution in [0.4, 0.5) is 11.5 Å². The van der Waals surface area contributed by atoms with Gasteiger partial charge in [0.05, 0.1) is 22.0 Å². The average molecular weight is 508 g/mol. The molecule has 0 amide bonds. The molecule has 1 saturated heterocycles. The summed E-state index contributed by atoms with van der Waals surface area (Å²) < 4.78 is 0. The quantitative estimate of drug-likeness (QED) is 0.231. The Labute approximate surface area is 198 Å². The van der Waals surface area contributed by atoms with E-state index < -0.39 is 0 Å². The van der Waals surface area contributed by atoms with Gasteiger partial charge in [0.15, 0.2) is 5.65 Å². The van der Waals surface area contributed by atoms with Crippen molar-refractivity contribution in [3.8, 4) is 17.0 Å². The first-order chi connectivity index (χ1) is 15.6. The van der Waals surface area contributed by atoms with E-state index in [0.717, 1.165) is 48.2 Å². The molecule has 1 fully saturated rings. The minimum atomic E-state index is -0.247. The van der Waals surface area contributed by atoms with Crippen molar-refractivity contribution in [3.63, 3.8) is 0 Å². The molecule has 5 aromatic rings. The summed E-state index contributed by atoms with van der Waals surface area (Å²) in [6.45, 7) is 3.69. The summed E-state index contributed by atoms with van der Waals surface area (Å²) in [4.78, 5) is 23.4. The summed E-state index contributed by atoms with van der Waals surface area (Å²) in [5, 5.41) is 22.8. The number of phenols is 1. The lowest BCUT2D eigenvalue weighted by Crippen LogP contribution is -2.43. The van der Waals surface area contributed by atoms with Crippen LogP contribution in [0.2, 0.25) is 0 Å². The predicted octanol–water partition coefficient (Wildman–Crippen LogP) is 2.89. The second-order valence-electron chi connectivity index (χ2n) is 8.01. The third-order valence-corrected chi connectivity index (χ3v) is 6.10. The number of benzene rings is 2. The molecule has 0 aliphatic carbocycles. The normalized spacial score (nSPS) is 14.1. The van der Waals surface area contributed by atoms with Crippen molar-refractivity contribution in [3.05, 3.63) is 52.8 Å². The fraction of sp³-hybridized carbons (Fsp3) is 0.174. The van der Waals surface area contributed by atoms with Gasteiger partial charge >= 0.3 is 0 Å². The smallest absolute Gasteiger partial charge is 0.258 e. The molecule has 33 heavy (non-hydrogen) atoms. The van der Waals surface area contributed by atoms with Crippen LogP contribution in [0.1, 0.15) is 0 Å². The molecular formula is C23H22BrN7O2. The number of piperazine rings is 1. The van der Waals surface area contributed by atoms with Crippen LogP contribution >= 0.6 is 17.0 Å². The van der Waals surface area contributed by atoms with Gasteiger partial charge in [-0.25, -0.2) is 4.98 Å². The number of aromatic hydroxyl groups is 1. The van der Waals surface area contributed by atoms with Gasteiger partial charge in [-0.05, 0) is 36.4 Å². The number of hydrogen-bond donors (Lipinski definition) is 5. The van der Waals surface area contributed by atoms with E-state index in [0.29, 0.717) is 33.5 Å². The number of nitrogens with two attached hydrogens (primary N) is 1. The molecule has 10 heteroatoms. The van der Waals surface area contributed by atoms with Crippen LogP contribution in [0.5, 0.6) is 5.75 Å². The maximum atomic E-state index is 13.4. The first-order valence-electron chi connectivity index (χ1n) is 10.5. The number of phenolic OH excluding ortho intramolecular Hbond substituents is 1. The Bertz CT molecular complexity index is 1550. The summed E-state index contributed by atoms with van der Waals surface area (Å²) >= 11 is 0. The molecule has 1 aliphatic heterocycles. The van der Waals surface area contributed by atoms with E-state index in [-0.39, 0.29) is 28.3 Å². The van der Waals surface area contributed by atoms with Crippen molar-refractivity contribution in [2.45, 2.75) is 0 Å². The fourth-order valence-corrected chi connectivity index (χ4v) is 4.55. The highest BCUT2D eigenvalue weighted by molar-refractivity contribution is 8.93. The third kappa shape index (κ3) is 3.38. The third-order valence-electron chi connectivity index (χ3n) is 6.10. The molecule has 168 valence electrons. The first kappa shape index (κ1) is 21.2. The minimum Gasteiger partial charge on any atom is -0.508 e. The van der Waals surface area contributed by atoms with Gasteiger partial charge in [0, 0.05) is 48.2 Å². The topological polar surface area (TPSA) is 136 Å². The first-order valence-corrected chi connectivity index (χ1v) is 10.5. The van der Waals surface area contributed by atoms with Crippen molar-refractivity contribution in [2.75, 3.05) is 36.8 Å². The second-order valence-corrected chi connectivity index (χ2v) is 8.01. The molecule has 0 atom stereocenters. The van der Waals surface area contributed by atoms with Crippen LogP contribution < -0.4 is 21.5 Å². The predicted molar refractivity (Wildman–Crippen MR) is 136 cm³/mol. The lowest BCUT2D eigenvalue weighted by atomic mass is 9.99. The standard InChI is InChI=1S/C23H21N7O2.BrH/c24-21-19-17-15-6-3-13(30-9-7-25-8-10-30)11-16(15)26-23(32)18(17)20(27-22(19)29-28-21)12-1-4-14(31)5-2-12;/h1-6,11,25,31H,7-10H2,(H,26,32)(H3,24,27,28,29);1H. The number of fused-ring (bicyclic) bond motifs is 5. The highest BCUT2D eigenvalue weighted by atomic mass is 79.9. The Hall–Kier alpha value is -3.63. The molecule has 4 heterocycles. The zero-order valence-electron chi connectivity index (χ0n) is 17.6. The van der Waals surface area contributed by atoms with E-state index in [2.05, 4.69) is 36.4 Å². The Morgan fingerprint density at radius 3 is 2.52 bits per heavy atom. The summed E-state index contributed by atoms with van der Waals surface area (Å²) in [6, 6.07) is 12.7. The zero-order chi connectivity index (χ0) is 21.8. The van der Waals surface area contributed by atoms with Crippen LogP contribution in [0.3, 0.4) is 0 Å². The van der Waals surface area contributed by atoms with Crippen LogP contribution in [-0.2, 0) is 0 Å². The van der Waals surface area contributed by atoms with E-state index in [4.69, 9.17) is 5.73 Å². The van der Waals surface area contributed by atoms with E-state index in [1.165, 1.54) is 0 Å². The average Bonchev–Trinajstić information content (AvgIpc) is 3.19. The zero-order valence-corrected chi connectivity index (χ0v) is 19.3. The molecule has 0 spiro atoms. The molecule has 3 aromatic heterocycles. The summed E-state index contributed by atoms with van der Waals surface area (Å²) in [6.07, 6.45) is 0. The molecule has 0 bridgehead atoms. The van der Waals surface area contributed by atoms with Crippen LogP contribution in [-0.4, -0.2) is 51.5 Å². The SMILES string of the molecule is Br.Nc1[nH]nc2nc(-c3ccc(O)cc3)c3c(=O)[nH]c4cc(N5CCNCC5)ccc4c3c12. The van der Waals surface area contributed by atoms with Gasteiger partial charge in [-0.1, -0.05) is 6.07 Å². The number of hydrogen-bond acceptors (Lipinski definition) is 7. The van der Waals surface area contributed by atoms with E-state index >= 15 is 0 Å². The minimum absolute atomic E-state index is 0. The summed E-state index contributed by atoms with van der Waals surface area (Å²) in [7, 11) is 0. The fourth-order valence-electron chi connectivity index (χ4n) is 4.55. The van der Waals surface area contributed by atoms with Gasteiger partial charge in [0.2, 0.25) is 0 Å². The molecule has 0 saturated carbocycles. The Morgan fingerprint density at radius 2 is 1.76 bits per heavy atom. The van der Waals surface area contributed by atoms with Crippen LogP contribution in [0.25, 0.3) is 44.0 Å². The monoisotopic (exact) mass is 507 g/mol. The van der Waals surface area contributed by atoms with Crippen LogP contribution in [0, 0.1) is 0 Å². The van der Waals surface area contributed by atoms with E-state index in [1.807, 2.05) is 12.1 Å². The maximum Gasteiger partial charge on any atom is 0.258 e. The number of H-pyrrole nitrogens is 2. The van der Waals surface area contributed by atoms with Crippen molar-refractivity contribution >= 4 is 61.2 Å². The van der Waals surface area contributed by atoms with Gasteiger partial charge in [-0.2, -0.15) is 5.10 Å². The van der Waals surface area contributed by atoms with Gasteiger partial charge in [0.1, 0.15) is 11.6 Å². The number of aromatic amines is 2. The van der Waals surface area contributed by atoms with Crippen molar-refractivity contribution in [1.29, 1.82) is 0 Å². The summed E-state index contributed by atoms with van der Waals surface area (Å²) in [5.41, 5.74) is 9.42. The van der Waals surface area contributed by atoms with Crippen molar-refractivity contribution in [1.82, 2.24) is 25.5 Å². The molecule has 0 unspecified atom stereocenters. The lowest BCUT2D eigenvalue weighted by molar-refractivity contribution is 0.475.